The van der Waals surface area contributed by atoms with Crippen LogP contribution in [0.5, 0.6) is 0 Å². The van der Waals surface area contributed by atoms with Crippen LogP contribution in [0.1, 0.15) is 10.4 Å². The average Bonchev–Trinajstić information content (AvgIpc) is 2.40. The van der Waals surface area contributed by atoms with Crippen LogP contribution in [-0.4, -0.2) is 28.1 Å². The molecule has 7 nitrogen and oxygen atoms in total. The fraction of sp³-hybridized carbons (Fsp3) is 0.0909. The van der Waals surface area contributed by atoms with E-state index in [9.17, 15) is 9.59 Å². The van der Waals surface area contributed by atoms with Gasteiger partial charge in [0.15, 0.2) is 5.82 Å². The molecule has 0 saturated heterocycles. The molecule has 8 heteroatoms. The monoisotopic (exact) mass is 279 g/mol. The summed E-state index contributed by atoms with van der Waals surface area (Å²) < 4.78 is 0. The summed E-state index contributed by atoms with van der Waals surface area (Å²) in [5, 5.41) is 11.4. The largest absolute Gasteiger partial charge is 0.373 e. The summed E-state index contributed by atoms with van der Waals surface area (Å²) in [6.45, 7) is 0. The Kier molecular flexibility index (Phi) is 3.76. The number of nitrogens with zero attached hydrogens (tertiary/aromatic N) is 2. The van der Waals surface area contributed by atoms with E-state index < -0.39 is 5.91 Å². The van der Waals surface area contributed by atoms with Crippen LogP contribution in [-0.2, 0) is 0 Å². The lowest BCUT2D eigenvalue weighted by molar-refractivity contribution is 0.102. The maximum absolute atomic E-state index is 12.0. The van der Waals surface area contributed by atoms with Crippen molar-refractivity contribution in [3.8, 4) is 0 Å². The van der Waals surface area contributed by atoms with Crippen molar-refractivity contribution in [3.63, 3.8) is 0 Å². The molecule has 98 valence electrons. The van der Waals surface area contributed by atoms with Crippen LogP contribution >= 0.6 is 11.6 Å². The highest BCUT2D eigenvalue weighted by molar-refractivity contribution is 6.30. The highest BCUT2D eigenvalue weighted by Crippen LogP contribution is 2.15. The molecule has 0 saturated carbocycles. The Labute approximate surface area is 113 Å². The summed E-state index contributed by atoms with van der Waals surface area (Å²) in [6, 6.07) is 5.65. The number of aromatic amines is 1. The normalized spacial score (nSPS) is 10.0. The number of halogens is 1. The predicted molar refractivity (Wildman–Crippen MR) is 71.6 cm³/mol. The quantitative estimate of drug-likeness (QED) is 0.731. The number of H-pyrrole nitrogens is 1. The zero-order valence-corrected chi connectivity index (χ0v) is 10.7. The number of pyridine rings is 1. The Morgan fingerprint density at radius 1 is 1.32 bits per heavy atom. The second-order valence-corrected chi connectivity index (χ2v) is 3.96. The van der Waals surface area contributed by atoms with Gasteiger partial charge in [-0.15, -0.1) is 0 Å². The number of anilines is 2. The lowest BCUT2D eigenvalue weighted by Crippen LogP contribution is -2.16. The topological polar surface area (TPSA) is 99.8 Å². The molecular formula is C11H10ClN5O2. The third-order valence-corrected chi connectivity index (χ3v) is 2.43. The lowest BCUT2D eigenvalue weighted by atomic mass is 10.2. The van der Waals surface area contributed by atoms with E-state index in [0.717, 1.165) is 0 Å². The molecule has 0 atom stereocenters. The first-order valence-electron chi connectivity index (χ1n) is 5.31. The van der Waals surface area contributed by atoms with Gasteiger partial charge in [0.25, 0.3) is 11.5 Å². The van der Waals surface area contributed by atoms with Crippen LogP contribution in [0.2, 0.25) is 5.15 Å². The van der Waals surface area contributed by atoms with Crippen molar-refractivity contribution in [1.29, 1.82) is 0 Å². The first kappa shape index (κ1) is 13.0. The van der Waals surface area contributed by atoms with Crippen LogP contribution in [0.3, 0.4) is 0 Å². The minimum absolute atomic E-state index is 0.200. The molecule has 2 aromatic heterocycles. The van der Waals surface area contributed by atoms with Gasteiger partial charge in [-0.1, -0.05) is 11.6 Å². The maximum atomic E-state index is 12.0. The Hall–Kier alpha value is -2.41. The summed E-state index contributed by atoms with van der Waals surface area (Å²) in [5.41, 5.74) is -0.0141. The highest BCUT2D eigenvalue weighted by atomic mass is 35.5. The number of carbonyl (C=O) groups excluding carboxylic acids is 1. The number of carbonyl (C=O) groups is 1. The minimum atomic E-state index is -0.402. The van der Waals surface area contributed by atoms with Gasteiger partial charge in [0.2, 0.25) is 0 Å². The van der Waals surface area contributed by atoms with Gasteiger partial charge >= 0.3 is 0 Å². The molecule has 19 heavy (non-hydrogen) atoms. The molecule has 0 spiro atoms. The van der Waals surface area contributed by atoms with E-state index in [1.807, 2.05) is 0 Å². The van der Waals surface area contributed by atoms with Crippen LogP contribution in [0.4, 0.5) is 11.6 Å². The second-order valence-electron chi connectivity index (χ2n) is 3.57. The van der Waals surface area contributed by atoms with Gasteiger partial charge in [0.1, 0.15) is 11.0 Å². The smallest absolute Gasteiger partial charge is 0.264 e. The van der Waals surface area contributed by atoms with E-state index in [4.69, 9.17) is 11.6 Å². The zero-order valence-electron chi connectivity index (χ0n) is 9.90. The van der Waals surface area contributed by atoms with Crippen molar-refractivity contribution in [2.45, 2.75) is 0 Å². The van der Waals surface area contributed by atoms with Crippen molar-refractivity contribution in [1.82, 2.24) is 15.2 Å². The fourth-order valence-corrected chi connectivity index (χ4v) is 1.57. The second kappa shape index (κ2) is 5.49. The van der Waals surface area contributed by atoms with Gasteiger partial charge in [-0.05, 0) is 18.2 Å². The van der Waals surface area contributed by atoms with Gasteiger partial charge in [0, 0.05) is 18.7 Å². The number of amides is 1. The van der Waals surface area contributed by atoms with E-state index in [1.54, 1.807) is 13.1 Å². The molecule has 1 amide bonds. The highest BCUT2D eigenvalue weighted by Gasteiger charge is 2.10. The Morgan fingerprint density at radius 3 is 2.74 bits per heavy atom. The average molecular weight is 280 g/mol. The number of hydrogen-bond donors (Lipinski definition) is 3. The Bertz CT molecular complexity index is 650. The molecule has 0 aliphatic rings. The molecule has 3 N–H and O–H groups in total. The Balaban J connectivity index is 2.22. The first-order valence-corrected chi connectivity index (χ1v) is 5.69. The van der Waals surface area contributed by atoms with E-state index in [-0.39, 0.29) is 16.5 Å². The molecule has 0 aliphatic carbocycles. The molecule has 0 bridgehead atoms. The molecule has 0 aromatic carbocycles. The molecule has 2 heterocycles. The first-order chi connectivity index (χ1) is 9.08. The van der Waals surface area contributed by atoms with Crippen molar-refractivity contribution in [2.75, 3.05) is 17.7 Å². The van der Waals surface area contributed by atoms with Gasteiger partial charge < -0.3 is 10.6 Å². The SMILES string of the molecule is CNc1cc(C(=O)Nc2ccc(=O)[nH]n2)cc(Cl)n1. The summed E-state index contributed by atoms with van der Waals surface area (Å²) >= 11 is 5.80. The standard InChI is InChI=1S/C11H10ClN5O2/c1-13-9-5-6(4-7(12)14-9)11(19)15-8-2-3-10(18)17-16-8/h2-5H,1H3,(H,13,14)(H,17,18)(H,15,16,19). The summed E-state index contributed by atoms with van der Waals surface area (Å²) in [4.78, 5) is 26.8. The van der Waals surface area contributed by atoms with Crippen molar-refractivity contribution in [3.05, 3.63) is 45.3 Å². The molecule has 0 fully saturated rings. The number of rotatable bonds is 3. The maximum Gasteiger partial charge on any atom is 0.264 e. The predicted octanol–water partition coefficient (Wildman–Crippen LogP) is 1.11. The molecule has 0 radical (unpaired) electrons. The van der Waals surface area contributed by atoms with Gasteiger partial charge in [-0.3, -0.25) is 9.59 Å². The number of nitrogens with one attached hydrogen (secondary N) is 3. The summed E-state index contributed by atoms with van der Waals surface area (Å²) in [7, 11) is 1.67. The van der Waals surface area contributed by atoms with Gasteiger partial charge in [0.05, 0.1) is 0 Å². The number of hydrogen-bond acceptors (Lipinski definition) is 5. The van der Waals surface area contributed by atoms with Crippen molar-refractivity contribution < 1.29 is 4.79 Å². The van der Waals surface area contributed by atoms with E-state index in [0.29, 0.717) is 11.4 Å². The summed E-state index contributed by atoms with van der Waals surface area (Å²) in [5.74, 6) is 0.316. The van der Waals surface area contributed by atoms with Crippen LogP contribution in [0, 0.1) is 0 Å². The zero-order chi connectivity index (χ0) is 13.8. The van der Waals surface area contributed by atoms with Crippen molar-refractivity contribution >= 4 is 29.1 Å². The minimum Gasteiger partial charge on any atom is -0.373 e. The van der Waals surface area contributed by atoms with Crippen LogP contribution in [0.25, 0.3) is 0 Å². The fourth-order valence-electron chi connectivity index (χ4n) is 1.36. The lowest BCUT2D eigenvalue weighted by Gasteiger charge is -2.06. The van der Waals surface area contributed by atoms with Crippen molar-refractivity contribution in [2.24, 2.45) is 0 Å². The molecule has 2 aromatic rings. The van der Waals surface area contributed by atoms with Crippen LogP contribution < -0.4 is 16.2 Å². The molecular weight excluding hydrogens is 270 g/mol. The van der Waals surface area contributed by atoms with E-state index in [2.05, 4.69) is 25.8 Å². The van der Waals surface area contributed by atoms with Crippen LogP contribution in [0.15, 0.2) is 29.1 Å². The number of aromatic nitrogens is 3. The Morgan fingerprint density at radius 2 is 2.11 bits per heavy atom. The molecule has 2 rings (SSSR count). The van der Waals surface area contributed by atoms with E-state index >= 15 is 0 Å². The third-order valence-electron chi connectivity index (χ3n) is 2.23. The van der Waals surface area contributed by atoms with Gasteiger partial charge in [-0.2, -0.15) is 5.10 Å². The summed E-state index contributed by atoms with van der Waals surface area (Å²) in [6.07, 6.45) is 0. The molecule has 0 aliphatic heterocycles. The van der Waals surface area contributed by atoms with Gasteiger partial charge in [-0.25, -0.2) is 10.1 Å². The van der Waals surface area contributed by atoms with E-state index in [1.165, 1.54) is 18.2 Å². The third kappa shape index (κ3) is 3.29. The molecule has 0 unspecified atom stereocenters.